The van der Waals surface area contributed by atoms with E-state index in [0.717, 1.165) is 25.8 Å². The van der Waals surface area contributed by atoms with Crippen LogP contribution in [0.4, 0.5) is 10.2 Å². The average molecular weight is 299 g/mol. The second kappa shape index (κ2) is 6.14. The van der Waals surface area contributed by atoms with Gasteiger partial charge in [-0.3, -0.25) is 0 Å². The molecule has 1 aliphatic heterocycles. The van der Waals surface area contributed by atoms with Gasteiger partial charge in [0.15, 0.2) is 5.82 Å². The molecule has 1 saturated heterocycles. The first-order chi connectivity index (χ1) is 10.7. The van der Waals surface area contributed by atoms with Gasteiger partial charge in [0.25, 0.3) is 0 Å². The van der Waals surface area contributed by atoms with E-state index in [2.05, 4.69) is 28.1 Å². The van der Waals surface area contributed by atoms with Crippen molar-refractivity contribution in [3.63, 3.8) is 0 Å². The lowest BCUT2D eigenvalue weighted by Gasteiger charge is -2.35. The van der Waals surface area contributed by atoms with Crippen LogP contribution in [0.15, 0.2) is 24.3 Å². The Kier molecular flexibility index (Phi) is 4.05. The lowest BCUT2D eigenvalue weighted by Crippen LogP contribution is -2.39. The average Bonchev–Trinajstić information content (AvgIpc) is 2.99. The number of benzene rings is 1. The zero-order chi connectivity index (χ0) is 15.5. The van der Waals surface area contributed by atoms with Crippen molar-refractivity contribution < 1.29 is 4.39 Å². The minimum absolute atomic E-state index is 0.307. The maximum Gasteiger partial charge on any atom is 0.207 e. The van der Waals surface area contributed by atoms with Gasteiger partial charge in [-0.2, -0.15) is 5.26 Å². The van der Waals surface area contributed by atoms with Gasteiger partial charge in [0.1, 0.15) is 11.9 Å². The van der Waals surface area contributed by atoms with E-state index in [0.29, 0.717) is 23.2 Å². The molecule has 1 fully saturated rings. The van der Waals surface area contributed by atoms with E-state index >= 15 is 0 Å². The van der Waals surface area contributed by atoms with Gasteiger partial charge >= 0.3 is 0 Å². The molecule has 0 amide bonds. The molecule has 114 valence electrons. The fourth-order valence-electron chi connectivity index (χ4n) is 2.96. The van der Waals surface area contributed by atoms with Gasteiger partial charge in [0, 0.05) is 12.6 Å². The van der Waals surface area contributed by atoms with Gasteiger partial charge in [-0.25, -0.2) is 4.39 Å². The molecule has 1 aliphatic rings. The maximum absolute atomic E-state index is 13.0. The number of hydrogen-bond donors (Lipinski definition) is 0. The van der Waals surface area contributed by atoms with Crippen LogP contribution in [0.5, 0.6) is 0 Å². The molecule has 1 aromatic carbocycles. The van der Waals surface area contributed by atoms with E-state index in [9.17, 15) is 9.65 Å². The Morgan fingerprint density at radius 1 is 1.27 bits per heavy atom. The van der Waals surface area contributed by atoms with Crippen LogP contribution in [0.2, 0.25) is 0 Å². The summed E-state index contributed by atoms with van der Waals surface area (Å²) in [4.78, 5) is 3.60. The van der Waals surface area contributed by atoms with Crippen molar-refractivity contribution >= 4 is 5.82 Å². The fourth-order valence-corrected chi connectivity index (χ4v) is 2.96. The number of nitrogens with zero attached hydrogens (tertiary/aromatic N) is 5. The van der Waals surface area contributed by atoms with E-state index in [1.807, 2.05) is 0 Å². The molecule has 0 spiro atoms. The summed E-state index contributed by atoms with van der Waals surface area (Å²) in [6.45, 7) is 3.05. The van der Waals surface area contributed by atoms with Gasteiger partial charge in [-0.1, -0.05) is 6.92 Å². The Morgan fingerprint density at radius 3 is 2.73 bits per heavy atom. The van der Waals surface area contributed by atoms with Crippen molar-refractivity contribution in [2.75, 3.05) is 11.4 Å². The quantitative estimate of drug-likeness (QED) is 0.874. The summed E-state index contributed by atoms with van der Waals surface area (Å²) in [6.07, 6.45) is 4.45. The van der Waals surface area contributed by atoms with Crippen LogP contribution in [0.25, 0.3) is 5.69 Å². The largest absolute Gasteiger partial charge is 0.350 e. The lowest BCUT2D eigenvalue weighted by atomic mass is 10.00. The highest BCUT2D eigenvalue weighted by atomic mass is 19.1. The molecule has 22 heavy (non-hydrogen) atoms. The molecule has 0 N–H and O–H groups in total. The van der Waals surface area contributed by atoms with E-state index in [4.69, 9.17) is 0 Å². The van der Waals surface area contributed by atoms with E-state index in [1.165, 1.54) is 23.4 Å². The zero-order valence-corrected chi connectivity index (χ0v) is 12.5. The van der Waals surface area contributed by atoms with Crippen LogP contribution < -0.4 is 4.90 Å². The summed E-state index contributed by atoms with van der Waals surface area (Å²) >= 11 is 0. The molecule has 6 heteroatoms. The second-order valence-corrected chi connectivity index (χ2v) is 5.50. The van der Waals surface area contributed by atoms with Crippen LogP contribution in [-0.4, -0.2) is 27.6 Å². The minimum Gasteiger partial charge on any atom is -0.350 e. The van der Waals surface area contributed by atoms with Crippen molar-refractivity contribution in [1.82, 2.24) is 15.0 Å². The fraction of sp³-hybridized carbons (Fsp3) is 0.438. The molecule has 2 heterocycles. The Hall–Kier alpha value is -2.42. The highest BCUT2D eigenvalue weighted by molar-refractivity contribution is 5.51. The maximum atomic E-state index is 13.0. The third kappa shape index (κ3) is 2.67. The van der Waals surface area contributed by atoms with Gasteiger partial charge in [-0.15, -0.1) is 15.0 Å². The molecular formula is C16H18FN5. The molecule has 0 saturated carbocycles. The molecule has 1 atom stereocenters. The first-order valence-electron chi connectivity index (χ1n) is 7.63. The Bertz CT molecular complexity index is 686. The van der Waals surface area contributed by atoms with Gasteiger partial charge in [-0.05, 0) is 49.9 Å². The topological polar surface area (TPSA) is 57.7 Å². The number of piperidine rings is 1. The molecular weight excluding hydrogens is 281 g/mol. The second-order valence-electron chi connectivity index (χ2n) is 5.50. The monoisotopic (exact) mass is 299 g/mol. The smallest absolute Gasteiger partial charge is 0.207 e. The number of aromatic nitrogens is 3. The molecule has 5 nitrogen and oxygen atoms in total. The number of hydrogen-bond acceptors (Lipinski definition) is 4. The molecule has 3 rings (SSSR count). The summed E-state index contributed by atoms with van der Waals surface area (Å²) in [6, 6.07) is 8.46. The van der Waals surface area contributed by atoms with Crippen LogP contribution in [0, 0.1) is 17.1 Å². The number of halogens is 1. The summed E-state index contributed by atoms with van der Waals surface area (Å²) < 4.78 is 13.0. The van der Waals surface area contributed by atoms with Gasteiger partial charge < -0.3 is 4.90 Å². The summed E-state index contributed by atoms with van der Waals surface area (Å²) in [5, 5.41) is 18.1. The summed E-state index contributed by atoms with van der Waals surface area (Å²) in [5.74, 6) is 0.331. The van der Waals surface area contributed by atoms with Gasteiger partial charge in [0.2, 0.25) is 5.69 Å². The highest BCUT2D eigenvalue weighted by Gasteiger charge is 2.26. The predicted octanol–water partition coefficient (Wildman–Crippen LogP) is 3.05. The minimum atomic E-state index is -0.307. The van der Waals surface area contributed by atoms with E-state index < -0.39 is 0 Å². The first-order valence-corrected chi connectivity index (χ1v) is 7.63. The molecule has 0 aliphatic carbocycles. The number of anilines is 1. The molecule has 0 radical (unpaired) electrons. The normalized spacial score (nSPS) is 18.2. The van der Waals surface area contributed by atoms with Crippen molar-refractivity contribution in [2.24, 2.45) is 0 Å². The summed E-state index contributed by atoms with van der Waals surface area (Å²) in [5.41, 5.74) is 0.971. The van der Waals surface area contributed by atoms with Crippen molar-refractivity contribution in [1.29, 1.82) is 5.26 Å². The molecule has 2 aromatic rings. The molecule has 0 bridgehead atoms. The van der Waals surface area contributed by atoms with Crippen molar-refractivity contribution in [2.45, 2.75) is 38.6 Å². The van der Waals surface area contributed by atoms with Crippen molar-refractivity contribution in [3.05, 3.63) is 35.8 Å². The Morgan fingerprint density at radius 2 is 2.05 bits per heavy atom. The van der Waals surface area contributed by atoms with Crippen LogP contribution in [0.3, 0.4) is 0 Å². The van der Waals surface area contributed by atoms with Crippen LogP contribution in [-0.2, 0) is 0 Å². The predicted molar refractivity (Wildman–Crippen MR) is 81.3 cm³/mol. The standard InChI is InChI=1S/C16H18FN5/c1-2-13-5-3-4-10-21(13)16-15(11-18)19-22(20-16)14-8-6-12(17)7-9-14/h6-9,13H,2-5,10H2,1H3. The number of nitriles is 1. The lowest BCUT2D eigenvalue weighted by molar-refractivity contribution is 0.446. The van der Waals surface area contributed by atoms with Crippen LogP contribution >= 0.6 is 0 Å². The third-order valence-corrected chi connectivity index (χ3v) is 4.13. The Balaban J connectivity index is 1.98. The van der Waals surface area contributed by atoms with Crippen molar-refractivity contribution in [3.8, 4) is 11.8 Å². The highest BCUT2D eigenvalue weighted by Crippen LogP contribution is 2.27. The third-order valence-electron chi connectivity index (χ3n) is 4.13. The Labute approximate surface area is 129 Å². The van der Waals surface area contributed by atoms with E-state index in [1.54, 1.807) is 12.1 Å². The van der Waals surface area contributed by atoms with Crippen LogP contribution in [0.1, 0.15) is 38.3 Å². The van der Waals surface area contributed by atoms with E-state index in [-0.39, 0.29) is 5.82 Å². The number of rotatable bonds is 3. The zero-order valence-electron chi connectivity index (χ0n) is 12.5. The molecule has 1 aromatic heterocycles. The molecule has 1 unspecified atom stereocenters. The first kappa shape index (κ1) is 14.5. The SMILES string of the molecule is CCC1CCCCN1c1nn(-c2ccc(F)cc2)nc1C#N. The summed E-state index contributed by atoms with van der Waals surface area (Å²) in [7, 11) is 0. The van der Waals surface area contributed by atoms with Gasteiger partial charge in [0.05, 0.1) is 5.69 Å².